The summed E-state index contributed by atoms with van der Waals surface area (Å²) in [6, 6.07) is 6.90. The van der Waals surface area contributed by atoms with E-state index in [4.69, 9.17) is 4.42 Å². The molecular formula is C14H14N4O3. The molecular weight excluding hydrogens is 272 g/mol. The monoisotopic (exact) mass is 286 g/mol. The highest BCUT2D eigenvalue weighted by Crippen LogP contribution is 2.16. The molecule has 1 aromatic heterocycles. The number of carbonyl (C=O) groups is 2. The Hall–Kier alpha value is -2.70. The maximum atomic E-state index is 12.1. The van der Waals surface area contributed by atoms with E-state index in [-0.39, 0.29) is 17.9 Å². The van der Waals surface area contributed by atoms with Crippen molar-refractivity contribution in [2.75, 3.05) is 6.54 Å². The van der Waals surface area contributed by atoms with E-state index < -0.39 is 0 Å². The van der Waals surface area contributed by atoms with Crippen LogP contribution in [0.5, 0.6) is 0 Å². The van der Waals surface area contributed by atoms with Gasteiger partial charge in [-0.05, 0) is 30.7 Å². The van der Waals surface area contributed by atoms with Gasteiger partial charge < -0.3 is 15.1 Å². The van der Waals surface area contributed by atoms with E-state index in [1.807, 2.05) is 0 Å². The minimum Gasteiger partial charge on any atom is -0.423 e. The highest BCUT2D eigenvalue weighted by atomic mass is 16.4. The second-order valence-electron chi connectivity index (χ2n) is 4.83. The summed E-state index contributed by atoms with van der Waals surface area (Å²) < 4.78 is 5.09. The van der Waals surface area contributed by atoms with Crippen LogP contribution >= 0.6 is 0 Å². The predicted molar refractivity (Wildman–Crippen MR) is 73.2 cm³/mol. The number of rotatable bonds is 3. The van der Waals surface area contributed by atoms with Gasteiger partial charge in [0, 0.05) is 30.1 Å². The number of nitrogens with one attached hydrogen (secondary N) is 2. The number of piperidine rings is 1. The van der Waals surface area contributed by atoms with Crippen LogP contribution in [0.3, 0.4) is 0 Å². The third-order valence-corrected chi connectivity index (χ3v) is 3.35. The van der Waals surface area contributed by atoms with Crippen LogP contribution in [0.1, 0.15) is 23.2 Å². The average molecular weight is 286 g/mol. The number of amides is 2. The molecule has 2 amide bonds. The summed E-state index contributed by atoms with van der Waals surface area (Å²) in [6.45, 7) is 0.477. The molecule has 2 aromatic rings. The van der Waals surface area contributed by atoms with Crippen molar-refractivity contribution in [3.8, 4) is 11.5 Å². The van der Waals surface area contributed by atoms with Crippen molar-refractivity contribution in [3.63, 3.8) is 0 Å². The van der Waals surface area contributed by atoms with E-state index in [0.29, 0.717) is 30.8 Å². The van der Waals surface area contributed by atoms with Gasteiger partial charge >= 0.3 is 0 Å². The van der Waals surface area contributed by atoms with Gasteiger partial charge in [0.05, 0.1) is 0 Å². The third kappa shape index (κ3) is 3.07. The largest absolute Gasteiger partial charge is 0.423 e. The second-order valence-corrected chi connectivity index (χ2v) is 4.83. The lowest BCUT2D eigenvalue weighted by Gasteiger charge is -2.23. The number of aromatic nitrogens is 2. The molecule has 3 rings (SSSR count). The van der Waals surface area contributed by atoms with E-state index in [2.05, 4.69) is 20.8 Å². The summed E-state index contributed by atoms with van der Waals surface area (Å²) in [5, 5.41) is 13.1. The van der Waals surface area contributed by atoms with E-state index >= 15 is 0 Å². The molecule has 108 valence electrons. The molecule has 0 spiro atoms. The zero-order chi connectivity index (χ0) is 14.7. The Kier molecular flexibility index (Phi) is 3.63. The SMILES string of the molecule is O=C1CCC(NC(=O)c2ccc(-c3nnco3)cc2)CN1. The Morgan fingerprint density at radius 2 is 2.14 bits per heavy atom. The molecule has 1 aliphatic rings. The molecule has 0 radical (unpaired) electrons. The van der Waals surface area contributed by atoms with Gasteiger partial charge in [0.25, 0.3) is 5.91 Å². The first-order valence-corrected chi connectivity index (χ1v) is 6.66. The highest BCUT2D eigenvalue weighted by Gasteiger charge is 2.20. The molecule has 1 aromatic carbocycles. The fourth-order valence-electron chi connectivity index (χ4n) is 2.19. The van der Waals surface area contributed by atoms with Crippen LogP contribution in [0.4, 0.5) is 0 Å². The van der Waals surface area contributed by atoms with Crippen LogP contribution in [-0.2, 0) is 4.79 Å². The fourth-order valence-corrected chi connectivity index (χ4v) is 2.19. The summed E-state index contributed by atoms with van der Waals surface area (Å²) in [5.74, 6) is 0.287. The zero-order valence-electron chi connectivity index (χ0n) is 11.2. The minimum absolute atomic E-state index is 0.0224. The summed E-state index contributed by atoms with van der Waals surface area (Å²) >= 11 is 0. The summed E-state index contributed by atoms with van der Waals surface area (Å²) in [4.78, 5) is 23.2. The maximum absolute atomic E-state index is 12.1. The van der Waals surface area contributed by atoms with Crippen molar-refractivity contribution in [2.24, 2.45) is 0 Å². The number of benzene rings is 1. The molecule has 1 fully saturated rings. The van der Waals surface area contributed by atoms with E-state index in [9.17, 15) is 9.59 Å². The van der Waals surface area contributed by atoms with Gasteiger partial charge in [0.1, 0.15) is 0 Å². The van der Waals surface area contributed by atoms with Gasteiger partial charge in [-0.15, -0.1) is 10.2 Å². The van der Waals surface area contributed by atoms with Gasteiger partial charge in [0.2, 0.25) is 18.2 Å². The van der Waals surface area contributed by atoms with E-state index in [0.717, 1.165) is 5.56 Å². The number of carbonyl (C=O) groups excluding carboxylic acids is 2. The van der Waals surface area contributed by atoms with Crippen LogP contribution in [0, 0.1) is 0 Å². The van der Waals surface area contributed by atoms with Gasteiger partial charge in [-0.3, -0.25) is 9.59 Å². The van der Waals surface area contributed by atoms with Gasteiger partial charge in [-0.1, -0.05) is 0 Å². The third-order valence-electron chi connectivity index (χ3n) is 3.35. The summed E-state index contributed by atoms with van der Waals surface area (Å²) in [5.41, 5.74) is 1.31. The molecule has 0 saturated carbocycles. The predicted octanol–water partition coefficient (Wildman–Crippen LogP) is 0.745. The Morgan fingerprint density at radius 3 is 2.76 bits per heavy atom. The Morgan fingerprint density at radius 1 is 1.33 bits per heavy atom. The lowest BCUT2D eigenvalue weighted by atomic mass is 10.1. The molecule has 1 unspecified atom stereocenters. The van der Waals surface area contributed by atoms with Crippen LogP contribution in [0.2, 0.25) is 0 Å². The van der Waals surface area contributed by atoms with Crippen molar-refractivity contribution < 1.29 is 14.0 Å². The lowest BCUT2D eigenvalue weighted by Crippen LogP contribution is -2.47. The summed E-state index contributed by atoms with van der Waals surface area (Å²) in [6.07, 6.45) is 2.37. The normalized spacial score (nSPS) is 18.1. The molecule has 0 bridgehead atoms. The van der Waals surface area contributed by atoms with Crippen LogP contribution in [0.15, 0.2) is 35.1 Å². The molecule has 2 N–H and O–H groups in total. The quantitative estimate of drug-likeness (QED) is 0.867. The molecule has 1 aliphatic heterocycles. The number of nitrogens with zero attached hydrogens (tertiary/aromatic N) is 2. The van der Waals surface area contributed by atoms with Gasteiger partial charge in [-0.25, -0.2) is 0 Å². The molecule has 7 heteroatoms. The second kappa shape index (κ2) is 5.74. The first-order valence-electron chi connectivity index (χ1n) is 6.66. The molecule has 1 saturated heterocycles. The molecule has 2 heterocycles. The Balaban J connectivity index is 1.64. The first kappa shape index (κ1) is 13.3. The standard InChI is InChI=1S/C14H14N4O3/c19-12-6-5-11(7-15-12)17-13(20)9-1-3-10(4-2-9)14-18-16-8-21-14/h1-4,8,11H,5-7H2,(H,15,19)(H,17,20). The zero-order valence-corrected chi connectivity index (χ0v) is 11.2. The van der Waals surface area contributed by atoms with Crippen molar-refractivity contribution in [3.05, 3.63) is 36.2 Å². The smallest absolute Gasteiger partial charge is 0.251 e. The molecule has 7 nitrogen and oxygen atoms in total. The Labute approximate surface area is 120 Å². The van der Waals surface area contributed by atoms with Crippen molar-refractivity contribution >= 4 is 11.8 Å². The van der Waals surface area contributed by atoms with Crippen molar-refractivity contribution in [2.45, 2.75) is 18.9 Å². The van der Waals surface area contributed by atoms with Gasteiger partial charge in [0.15, 0.2) is 0 Å². The van der Waals surface area contributed by atoms with E-state index in [1.54, 1.807) is 24.3 Å². The van der Waals surface area contributed by atoms with Crippen molar-refractivity contribution in [1.82, 2.24) is 20.8 Å². The molecule has 1 atom stereocenters. The fraction of sp³-hybridized carbons (Fsp3) is 0.286. The highest BCUT2D eigenvalue weighted by molar-refractivity contribution is 5.95. The van der Waals surface area contributed by atoms with Crippen LogP contribution in [-0.4, -0.2) is 34.6 Å². The number of hydrogen-bond acceptors (Lipinski definition) is 5. The maximum Gasteiger partial charge on any atom is 0.251 e. The van der Waals surface area contributed by atoms with Gasteiger partial charge in [-0.2, -0.15) is 0 Å². The lowest BCUT2D eigenvalue weighted by molar-refractivity contribution is -0.122. The number of hydrogen-bond donors (Lipinski definition) is 2. The topological polar surface area (TPSA) is 97.1 Å². The van der Waals surface area contributed by atoms with Crippen LogP contribution in [0.25, 0.3) is 11.5 Å². The first-order chi connectivity index (χ1) is 10.2. The average Bonchev–Trinajstić information content (AvgIpc) is 3.04. The molecule has 21 heavy (non-hydrogen) atoms. The summed E-state index contributed by atoms with van der Waals surface area (Å²) in [7, 11) is 0. The minimum atomic E-state index is -0.159. The molecule has 0 aliphatic carbocycles. The Bertz CT molecular complexity index is 627. The van der Waals surface area contributed by atoms with Crippen molar-refractivity contribution in [1.29, 1.82) is 0 Å². The van der Waals surface area contributed by atoms with Crippen LogP contribution < -0.4 is 10.6 Å². The van der Waals surface area contributed by atoms with E-state index in [1.165, 1.54) is 6.39 Å².